The zero-order chi connectivity index (χ0) is 24.0. The number of esters is 1. The van der Waals surface area contributed by atoms with Gasteiger partial charge in [0.1, 0.15) is 23.7 Å². The van der Waals surface area contributed by atoms with Crippen LogP contribution in [0.5, 0.6) is 0 Å². The number of hydrogen-bond donors (Lipinski definition) is 0. The fraction of sp³-hybridized carbons (Fsp3) is 0.375. The van der Waals surface area contributed by atoms with E-state index in [0.29, 0.717) is 36.9 Å². The molecular formula is C24H28N4O4S. The smallest absolute Gasteiger partial charge is 0.342 e. The Bertz CT molecular complexity index is 1040. The van der Waals surface area contributed by atoms with E-state index in [4.69, 9.17) is 4.74 Å². The molecule has 1 aromatic heterocycles. The van der Waals surface area contributed by atoms with E-state index in [1.165, 1.54) is 17.8 Å². The van der Waals surface area contributed by atoms with Crippen molar-refractivity contribution in [3.8, 4) is 0 Å². The van der Waals surface area contributed by atoms with Gasteiger partial charge in [0.15, 0.2) is 0 Å². The lowest BCUT2D eigenvalue weighted by Crippen LogP contribution is -2.56. The second-order valence-electron chi connectivity index (χ2n) is 7.76. The number of carbonyl (C=O) groups excluding carboxylic acids is 3. The highest BCUT2D eigenvalue weighted by Gasteiger charge is 2.33. The van der Waals surface area contributed by atoms with Gasteiger partial charge in [0.25, 0.3) is 5.91 Å². The zero-order valence-electron chi connectivity index (χ0n) is 19.1. The van der Waals surface area contributed by atoms with E-state index in [1.807, 2.05) is 37.3 Å². The van der Waals surface area contributed by atoms with Gasteiger partial charge in [0.2, 0.25) is 5.91 Å². The van der Waals surface area contributed by atoms with Crippen LogP contribution in [0, 0.1) is 13.8 Å². The number of benzene rings is 1. The van der Waals surface area contributed by atoms with Crippen molar-refractivity contribution in [3.63, 3.8) is 0 Å². The molecule has 0 aliphatic carbocycles. The van der Waals surface area contributed by atoms with Crippen LogP contribution in [0.25, 0.3) is 0 Å². The summed E-state index contributed by atoms with van der Waals surface area (Å²) in [4.78, 5) is 51.6. The molecule has 1 atom stereocenters. The maximum atomic E-state index is 13.3. The van der Waals surface area contributed by atoms with Gasteiger partial charge in [0, 0.05) is 30.6 Å². The molecule has 1 aromatic carbocycles. The Balaban J connectivity index is 1.70. The molecule has 0 spiro atoms. The van der Waals surface area contributed by atoms with Gasteiger partial charge in [-0.3, -0.25) is 9.59 Å². The quantitative estimate of drug-likeness (QED) is 0.350. The number of thioether (sulfide) groups is 1. The van der Waals surface area contributed by atoms with E-state index in [-0.39, 0.29) is 35.7 Å². The zero-order valence-corrected chi connectivity index (χ0v) is 19.9. The van der Waals surface area contributed by atoms with Crippen LogP contribution < -0.4 is 0 Å². The van der Waals surface area contributed by atoms with Gasteiger partial charge >= 0.3 is 5.97 Å². The van der Waals surface area contributed by atoms with Gasteiger partial charge in [-0.15, -0.1) is 11.8 Å². The summed E-state index contributed by atoms with van der Waals surface area (Å²) in [6.07, 6.45) is 1.46. The average molecular weight is 469 g/mol. The van der Waals surface area contributed by atoms with Gasteiger partial charge in [-0.1, -0.05) is 30.9 Å². The molecule has 1 aliphatic heterocycles. The number of rotatable bonds is 7. The summed E-state index contributed by atoms with van der Waals surface area (Å²) in [6, 6.07) is 9.61. The van der Waals surface area contributed by atoms with Gasteiger partial charge in [-0.25, -0.2) is 14.8 Å². The molecule has 0 radical (unpaired) electrons. The molecule has 1 unspecified atom stereocenters. The Morgan fingerprint density at radius 1 is 1.18 bits per heavy atom. The second-order valence-corrected chi connectivity index (χ2v) is 8.80. The van der Waals surface area contributed by atoms with Crippen molar-refractivity contribution in [2.75, 3.05) is 32.0 Å². The number of nitrogens with zero attached hydrogens (tertiary/aromatic N) is 4. The molecule has 2 aromatic rings. The maximum absolute atomic E-state index is 13.3. The monoisotopic (exact) mass is 468 g/mol. The molecule has 8 nitrogen and oxygen atoms in total. The van der Waals surface area contributed by atoms with Crippen LogP contribution >= 0.6 is 11.8 Å². The fourth-order valence-corrected chi connectivity index (χ4v) is 4.53. The van der Waals surface area contributed by atoms with Crippen LogP contribution in [0.4, 0.5) is 0 Å². The van der Waals surface area contributed by atoms with Crippen LogP contribution in [-0.4, -0.2) is 75.6 Å². The molecule has 1 fully saturated rings. The predicted molar refractivity (Wildman–Crippen MR) is 126 cm³/mol. The average Bonchev–Trinajstić information content (AvgIpc) is 2.80. The number of ether oxygens (including phenoxy) is 1. The van der Waals surface area contributed by atoms with E-state index in [0.717, 1.165) is 4.90 Å². The molecule has 1 aliphatic rings. The SMILES string of the molecule is C=CCOC(=O)c1c(C)nc(C)nc1C(=O)N1CCN(C(=O)CSc2ccccc2)C(C)C1. The Morgan fingerprint density at radius 2 is 1.91 bits per heavy atom. The van der Waals surface area contributed by atoms with Gasteiger partial charge in [0.05, 0.1) is 11.4 Å². The predicted octanol–water partition coefficient (Wildman–Crippen LogP) is 2.90. The van der Waals surface area contributed by atoms with Crippen molar-refractivity contribution in [2.45, 2.75) is 31.7 Å². The lowest BCUT2D eigenvalue weighted by Gasteiger charge is -2.40. The first-order valence-electron chi connectivity index (χ1n) is 10.7. The van der Waals surface area contributed by atoms with Crippen molar-refractivity contribution >= 4 is 29.5 Å². The first-order chi connectivity index (χ1) is 15.8. The third-order valence-corrected chi connectivity index (χ3v) is 6.28. The fourth-order valence-electron chi connectivity index (χ4n) is 3.73. The third-order valence-electron chi connectivity index (χ3n) is 5.28. The Kier molecular flexibility index (Phi) is 8.21. The summed E-state index contributed by atoms with van der Waals surface area (Å²) in [6.45, 7) is 9.93. The standard InChI is InChI=1S/C24H28N4O4S/c1-5-13-32-24(31)21-17(3)25-18(4)26-22(21)23(30)27-11-12-28(16(2)14-27)20(29)15-33-19-9-7-6-8-10-19/h5-10,16H,1,11-15H2,2-4H3. The Morgan fingerprint density at radius 3 is 2.58 bits per heavy atom. The molecule has 174 valence electrons. The van der Waals surface area contributed by atoms with Crippen LogP contribution in [0.15, 0.2) is 47.9 Å². The summed E-state index contributed by atoms with van der Waals surface area (Å²) in [5.74, 6) is -0.254. The number of hydrogen-bond acceptors (Lipinski definition) is 7. The molecule has 2 heterocycles. The number of aromatic nitrogens is 2. The molecule has 9 heteroatoms. The molecule has 0 saturated carbocycles. The van der Waals surface area contributed by atoms with Crippen molar-refractivity contribution in [2.24, 2.45) is 0 Å². The molecule has 33 heavy (non-hydrogen) atoms. The van der Waals surface area contributed by atoms with E-state index < -0.39 is 5.97 Å². The maximum Gasteiger partial charge on any atom is 0.342 e. The molecular weight excluding hydrogens is 440 g/mol. The summed E-state index contributed by atoms with van der Waals surface area (Å²) < 4.78 is 5.15. The molecule has 0 bridgehead atoms. The summed E-state index contributed by atoms with van der Waals surface area (Å²) in [5, 5.41) is 0. The van der Waals surface area contributed by atoms with Crippen molar-refractivity contribution in [1.29, 1.82) is 0 Å². The number of amides is 2. The summed E-state index contributed by atoms with van der Waals surface area (Å²) >= 11 is 1.50. The minimum Gasteiger partial charge on any atom is -0.458 e. The summed E-state index contributed by atoms with van der Waals surface area (Å²) in [7, 11) is 0. The van der Waals surface area contributed by atoms with E-state index >= 15 is 0 Å². The Hall–Kier alpha value is -3.20. The lowest BCUT2D eigenvalue weighted by atomic mass is 10.1. The molecule has 2 amide bonds. The van der Waals surface area contributed by atoms with Gasteiger partial charge < -0.3 is 14.5 Å². The minimum atomic E-state index is -0.657. The molecule has 0 N–H and O–H groups in total. The first kappa shape index (κ1) is 24.4. The van der Waals surface area contributed by atoms with Crippen LogP contribution in [0.2, 0.25) is 0 Å². The van der Waals surface area contributed by atoms with Crippen molar-refractivity contribution in [1.82, 2.24) is 19.8 Å². The third kappa shape index (κ3) is 5.98. The van der Waals surface area contributed by atoms with Gasteiger partial charge in [-0.2, -0.15) is 0 Å². The van der Waals surface area contributed by atoms with Crippen LogP contribution in [0.3, 0.4) is 0 Å². The van der Waals surface area contributed by atoms with E-state index in [9.17, 15) is 14.4 Å². The van der Waals surface area contributed by atoms with Crippen LogP contribution in [-0.2, 0) is 9.53 Å². The van der Waals surface area contributed by atoms with E-state index in [1.54, 1.807) is 23.6 Å². The highest BCUT2D eigenvalue weighted by molar-refractivity contribution is 8.00. The Labute approximate surface area is 198 Å². The van der Waals surface area contributed by atoms with E-state index in [2.05, 4.69) is 16.5 Å². The first-order valence-corrected chi connectivity index (χ1v) is 11.7. The highest BCUT2D eigenvalue weighted by atomic mass is 32.2. The molecule has 1 saturated heterocycles. The largest absolute Gasteiger partial charge is 0.458 e. The highest BCUT2D eigenvalue weighted by Crippen LogP contribution is 2.21. The number of piperazine rings is 1. The van der Waals surface area contributed by atoms with Crippen molar-refractivity contribution in [3.05, 3.63) is 65.8 Å². The van der Waals surface area contributed by atoms with Crippen molar-refractivity contribution < 1.29 is 19.1 Å². The summed E-state index contributed by atoms with van der Waals surface area (Å²) in [5.41, 5.74) is 0.484. The topological polar surface area (TPSA) is 92.7 Å². The lowest BCUT2D eigenvalue weighted by molar-refractivity contribution is -0.132. The molecule has 3 rings (SSSR count). The number of aryl methyl sites for hydroxylation is 2. The second kappa shape index (κ2) is 11.1. The van der Waals surface area contributed by atoms with Gasteiger partial charge in [-0.05, 0) is 32.9 Å². The minimum absolute atomic E-state index is 0.0264. The normalized spacial score (nSPS) is 15.8. The van der Waals surface area contributed by atoms with Crippen LogP contribution in [0.1, 0.15) is 39.3 Å². The number of carbonyl (C=O) groups is 3.